The Morgan fingerprint density at radius 1 is 1.19 bits per heavy atom. The summed E-state index contributed by atoms with van der Waals surface area (Å²) in [5, 5.41) is 0. The van der Waals surface area contributed by atoms with Crippen molar-refractivity contribution in [1.82, 2.24) is 0 Å². The summed E-state index contributed by atoms with van der Waals surface area (Å²) < 4.78 is 53.7. The molecule has 0 aromatic heterocycles. The molecule has 14 heteroatoms. The van der Waals surface area contributed by atoms with E-state index in [1.54, 1.807) is 0 Å². The summed E-state index contributed by atoms with van der Waals surface area (Å²) in [6, 6.07) is -2.25. The van der Waals surface area contributed by atoms with Crippen molar-refractivity contribution in [2.45, 2.75) is 49.1 Å². The molecule has 2 aliphatic rings. The Bertz CT molecular complexity index is 540. The third-order valence-electron chi connectivity index (χ3n) is 4.13. The van der Waals surface area contributed by atoms with Gasteiger partial charge in [-0.15, -0.1) is 0 Å². The second kappa shape index (κ2) is 9.81. The number of rotatable bonds is 9. The van der Waals surface area contributed by atoms with Gasteiger partial charge < -0.3 is 28.2 Å². The molecule has 2 heterocycles. The highest BCUT2D eigenvalue weighted by molar-refractivity contribution is 8.07. The van der Waals surface area contributed by atoms with E-state index in [9.17, 15) is 18.5 Å². The van der Waals surface area contributed by atoms with Crippen molar-refractivity contribution in [3.05, 3.63) is 0 Å². The van der Waals surface area contributed by atoms with E-state index < -0.39 is 61.9 Å². The SMILES string of the molecule is [B][C@@H]1O[C@H](COP)[C@@H](OP(O)(=S)OC[C@H]2O[C@@H]([B])[C@H](CC=O)[C@H]2F)[C@H]1F. The van der Waals surface area contributed by atoms with Crippen LogP contribution in [0.15, 0.2) is 0 Å². The second-order valence-corrected chi connectivity index (χ2v) is 9.02. The molecule has 7 nitrogen and oxygen atoms in total. The summed E-state index contributed by atoms with van der Waals surface area (Å²) in [5.74, 6) is -0.821. The van der Waals surface area contributed by atoms with Crippen LogP contribution in [0, 0.1) is 5.92 Å². The van der Waals surface area contributed by atoms with Crippen molar-refractivity contribution < 1.29 is 41.5 Å². The Balaban J connectivity index is 1.92. The van der Waals surface area contributed by atoms with Gasteiger partial charge in [-0.1, -0.05) is 0 Å². The number of alkyl halides is 2. The molecule has 2 saturated heterocycles. The van der Waals surface area contributed by atoms with Crippen LogP contribution in [0.3, 0.4) is 0 Å². The first-order valence-electron chi connectivity index (χ1n) is 7.71. The first kappa shape index (κ1) is 22.8. The maximum Gasteiger partial charge on any atom is 0.325 e. The highest BCUT2D eigenvalue weighted by Crippen LogP contribution is 2.48. The second-order valence-electron chi connectivity index (χ2n) is 5.90. The van der Waals surface area contributed by atoms with Crippen LogP contribution >= 0.6 is 16.2 Å². The molecule has 0 aromatic carbocycles. The first-order chi connectivity index (χ1) is 12.2. The van der Waals surface area contributed by atoms with E-state index in [-0.39, 0.29) is 13.0 Å². The Morgan fingerprint density at radius 2 is 1.85 bits per heavy atom. The molecule has 10 atom stereocenters. The molecule has 0 aromatic rings. The standard InChI is InChI=1S/C12H18B2F2O7P2S/c13-11-5(1-2-17)8(15)6(21-11)4-20-25(18,26)23-10-7(3-19-24)22-12(14)9(10)16/h2,5-12H,1,3-4,24H2,(H,18,26)/t5-,6-,7-,8-,9-,10-,11-,12-,25?/m1/s1. The zero-order valence-corrected chi connectivity index (χ0v) is 16.4. The van der Waals surface area contributed by atoms with E-state index in [1.807, 2.05) is 9.47 Å². The van der Waals surface area contributed by atoms with Gasteiger partial charge >= 0.3 is 6.72 Å². The third-order valence-corrected chi connectivity index (χ3v) is 5.88. The van der Waals surface area contributed by atoms with E-state index in [1.165, 1.54) is 0 Å². The third kappa shape index (κ3) is 5.52. The van der Waals surface area contributed by atoms with Crippen LogP contribution in [-0.2, 0) is 39.6 Å². The van der Waals surface area contributed by atoms with Crippen molar-refractivity contribution in [2.75, 3.05) is 13.2 Å². The van der Waals surface area contributed by atoms with Crippen LogP contribution in [0.4, 0.5) is 8.78 Å². The highest BCUT2D eigenvalue weighted by atomic mass is 32.5. The molecule has 26 heavy (non-hydrogen) atoms. The van der Waals surface area contributed by atoms with Gasteiger partial charge in [-0.3, -0.25) is 4.52 Å². The molecule has 2 aliphatic heterocycles. The number of halogens is 2. The van der Waals surface area contributed by atoms with Gasteiger partial charge in [0.1, 0.15) is 52.6 Å². The van der Waals surface area contributed by atoms with Gasteiger partial charge in [0, 0.05) is 27.8 Å². The molecular formula is C12H18B2F2O7P2S. The van der Waals surface area contributed by atoms with E-state index in [0.29, 0.717) is 6.29 Å². The molecule has 1 N–H and O–H groups in total. The Labute approximate surface area is 160 Å². The Morgan fingerprint density at radius 3 is 2.46 bits per heavy atom. The van der Waals surface area contributed by atoms with Crippen LogP contribution in [-0.4, -0.2) is 82.7 Å². The predicted octanol–water partition coefficient (Wildman–Crippen LogP) is 0.0799. The number of hydrogen-bond acceptors (Lipinski definition) is 7. The van der Waals surface area contributed by atoms with Gasteiger partial charge in [0.25, 0.3) is 0 Å². The fourth-order valence-corrected chi connectivity index (χ4v) is 4.42. The smallest absolute Gasteiger partial charge is 0.325 e. The van der Waals surface area contributed by atoms with Gasteiger partial charge in [0.05, 0.1) is 19.2 Å². The maximum absolute atomic E-state index is 14.2. The Kier molecular flexibility index (Phi) is 8.60. The van der Waals surface area contributed by atoms with E-state index in [0.717, 1.165) is 0 Å². The monoisotopic (exact) mass is 428 g/mol. The quantitative estimate of drug-likeness (QED) is 0.315. The van der Waals surface area contributed by atoms with Gasteiger partial charge in [0.2, 0.25) is 0 Å². The van der Waals surface area contributed by atoms with Gasteiger partial charge in [-0.2, -0.15) is 0 Å². The van der Waals surface area contributed by atoms with Crippen molar-refractivity contribution in [2.24, 2.45) is 5.92 Å². The summed E-state index contributed by atoms with van der Waals surface area (Å²) in [5.41, 5.74) is 0. The van der Waals surface area contributed by atoms with Crippen LogP contribution in [0.5, 0.6) is 0 Å². The molecule has 2 unspecified atom stereocenters. The Hall–Kier alpha value is 0.500. The molecule has 144 valence electrons. The largest absolute Gasteiger partial charge is 0.379 e. The fourth-order valence-electron chi connectivity index (χ4n) is 2.79. The topological polar surface area (TPSA) is 83.5 Å². The normalized spacial score (nSPS) is 42.6. The highest BCUT2D eigenvalue weighted by Gasteiger charge is 2.47. The van der Waals surface area contributed by atoms with Crippen LogP contribution in [0.1, 0.15) is 6.42 Å². The summed E-state index contributed by atoms with van der Waals surface area (Å²) in [7, 11) is 13.1. The van der Waals surface area contributed by atoms with Gasteiger partial charge in [-0.05, 0) is 11.8 Å². The number of aldehydes is 1. The average molecular weight is 428 g/mol. The molecule has 2 fully saturated rings. The number of hydrogen-bond donors (Lipinski definition) is 1. The maximum atomic E-state index is 14.2. The average Bonchev–Trinajstić information content (AvgIpc) is 2.98. The summed E-state index contributed by atoms with van der Waals surface area (Å²) in [6.07, 6.45) is -6.26. The van der Waals surface area contributed by atoms with Crippen LogP contribution in [0.25, 0.3) is 0 Å². The van der Waals surface area contributed by atoms with Gasteiger partial charge in [-0.25, -0.2) is 8.78 Å². The lowest BCUT2D eigenvalue weighted by molar-refractivity contribution is -0.109. The van der Waals surface area contributed by atoms with Crippen molar-refractivity contribution >= 4 is 50.0 Å². The first-order valence-corrected chi connectivity index (χ1v) is 10.8. The van der Waals surface area contributed by atoms with Crippen molar-refractivity contribution in [3.63, 3.8) is 0 Å². The molecule has 4 radical (unpaired) electrons. The van der Waals surface area contributed by atoms with E-state index >= 15 is 0 Å². The van der Waals surface area contributed by atoms with Crippen LogP contribution < -0.4 is 0 Å². The molecule has 0 amide bonds. The van der Waals surface area contributed by atoms with Crippen molar-refractivity contribution in [3.8, 4) is 0 Å². The van der Waals surface area contributed by atoms with E-state index in [2.05, 4.69) is 0 Å². The minimum atomic E-state index is -3.96. The lowest BCUT2D eigenvalue weighted by atomic mass is 9.83. The minimum Gasteiger partial charge on any atom is -0.379 e. The molecular weight excluding hydrogens is 410 g/mol. The van der Waals surface area contributed by atoms with E-state index in [4.69, 9.17) is 50.5 Å². The molecule has 2 rings (SSSR count). The lowest BCUT2D eigenvalue weighted by Gasteiger charge is -2.25. The minimum absolute atomic E-state index is 0.0701. The molecule has 0 spiro atoms. The zero-order chi connectivity index (χ0) is 19.5. The van der Waals surface area contributed by atoms with Crippen molar-refractivity contribution in [1.29, 1.82) is 0 Å². The summed E-state index contributed by atoms with van der Waals surface area (Å²) >= 11 is 4.84. The lowest BCUT2D eigenvalue weighted by Crippen LogP contribution is -2.34. The summed E-state index contributed by atoms with van der Waals surface area (Å²) in [6.45, 7) is -4.51. The zero-order valence-electron chi connectivity index (χ0n) is 13.6. The number of carbonyl (C=O) groups excluding carboxylic acids is 1. The molecule has 0 aliphatic carbocycles. The van der Waals surface area contributed by atoms with Crippen LogP contribution in [0.2, 0.25) is 0 Å². The fraction of sp³-hybridized carbons (Fsp3) is 0.917. The molecule has 0 saturated carbocycles. The van der Waals surface area contributed by atoms with Gasteiger partial charge in [0.15, 0.2) is 0 Å². The molecule has 0 bridgehead atoms. The number of carbonyl (C=O) groups is 1. The number of ether oxygens (including phenoxy) is 2. The summed E-state index contributed by atoms with van der Waals surface area (Å²) in [4.78, 5) is 20.7. The predicted molar refractivity (Wildman–Crippen MR) is 95.8 cm³/mol.